The molecule has 35 heavy (non-hydrogen) atoms. The number of halogens is 3. The van der Waals surface area contributed by atoms with E-state index < -0.39 is 33.6 Å². The van der Waals surface area contributed by atoms with Gasteiger partial charge in [0.1, 0.15) is 10.6 Å². The second-order valence-corrected chi connectivity index (χ2v) is 9.48. The quantitative estimate of drug-likeness (QED) is 0.492. The Labute approximate surface area is 199 Å². The minimum Gasteiger partial charge on any atom is -0.495 e. The number of rotatable bonds is 7. The summed E-state index contributed by atoms with van der Waals surface area (Å²) < 4.78 is 71.7. The predicted molar refractivity (Wildman–Crippen MR) is 119 cm³/mol. The van der Waals surface area contributed by atoms with Crippen molar-refractivity contribution in [2.24, 2.45) is 0 Å². The molecular weight excluding hydrogens is 485 g/mol. The molecule has 3 aromatic carbocycles. The fraction of sp³-hybridized carbons (Fsp3) is 0.167. The first-order valence-corrected chi connectivity index (χ1v) is 11.8. The van der Waals surface area contributed by atoms with Crippen LogP contribution in [0.1, 0.15) is 37.4 Å². The number of carbonyl (C=O) groups is 2. The number of benzene rings is 3. The van der Waals surface area contributed by atoms with E-state index in [9.17, 15) is 31.2 Å². The van der Waals surface area contributed by atoms with Gasteiger partial charge in [0, 0.05) is 6.54 Å². The fourth-order valence-electron chi connectivity index (χ4n) is 3.66. The molecule has 0 radical (unpaired) electrons. The van der Waals surface area contributed by atoms with Crippen molar-refractivity contribution in [3.63, 3.8) is 0 Å². The number of ether oxygens (including phenoxy) is 1. The topological polar surface area (TPSA) is 92.8 Å². The maximum Gasteiger partial charge on any atom is 0.416 e. The Balaban J connectivity index is 1.54. The number of amides is 2. The van der Waals surface area contributed by atoms with Gasteiger partial charge < -0.3 is 4.74 Å². The summed E-state index contributed by atoms with van der Waals surface area (Å²) in [6.07, 6.45) is -4.49. The van der Waals surface area contributed by atoms with E-state index in [1.54, 1.807) is 24.3 Å². The number of carbonyl (C=O) groups excluding carboxylic acids is 2. The van der Waals surface area contributed by atoms with Crippen LogP contribution in [-0.2, 0) is 29.3 Å². The summed E-state index contributed by atoms with van der Waals surface area (Å²) >= 11 is 0. The summed E-state index contributed by atoms with van der Waals surface area (Å²) in [7, 11) is -2.88. The minimum atomic E-state index is -4.49. The molecule has 0 aliphatic carbocycles. The van der Waals surface area contributed by atoms with Gasteiger partial charge in [-0.05, 0) is 47.5 Å². The van der Waals surface area contributed by atoms with Crippen molar-refractivity contribution in [3.8, 4) is 5.75 Å². The fourth-order valence-corrected chi connectivity index (χ4v) is 4.90. The SMILES string of the molecule is COc1ccc(CN2C(=O)c3ccccc3C2=O)cc1S(=O)(=O)NCc1ccc(C(F)(F)F)cc1. The standard InChI is InChI=1S/C24H19F3N2O5S/c1-34-20-11-8-16(14-29-22(30)18-4-2-3-5-19(18)23(29)31)12-21(20)35(32,33)28-13-15-6-9-17(10-7-15)24(25,26)27/h2-12,28H,13-14H2,1H3. The van der Waals surface area contributed by atoms with Crippen molar-refractivity contribution in [2.45, 2.75) is 24.2 Å². The van der Waals surface area contributed by atoms with Gasteiger partial charge in [0.05, 0.1) is 30.3 Å². The number of imide groups is 1. The Morgan fingerprint density at radius 3 is 2.00 bits per heavy atom. The zero-order valence-corrected chi connectivity index (χ0v) is 19.1. The zero-order chi connectivity index (χ0) is 25.4. The number of alkyl halides is 3. The number of nitrogens with one attached hydrogen (secondary N) is 1. The van der Waals surface area contributed by atoms with Gasteiger partial charge >= 0.3 is 6.18 Å². The van der Waals surface area contributed by atoms with Crippen molar-refractivity contribution in [1.82, 2.24) is 9.62 Å². The van der Waals surface area contributed by atoms with Crippen LogP contribution in [-0.4, -0.2) is 32.2 Å². The molecule has 1 N–H and O–H groups in total. The van der Waals surface area contributed by atoms with Crippen molar-refractivity contribution in [2.75, 3.05) is 7.11 Å². The Kier molecular flexibility index (Phi) is 6.39. The molecule has 0 spiro atoms. The molecule has 1 aliphatic heterocycles. The molecule has 0 fully saturated rings. The van der Waals surface area contributed by atoms with Gasteiger partial charge in [-0.15, -0.1) is 0 Å². The van der Waals surface area contributed by atoms with Gasteiger partial charge in [-0.25, -0.2) is 13.1 Å². The maximum atomic E-state index is 13.0. The highest BCUT2D eigenvalue weighted by Crippen LogP contribution is 2.30. The van der Waals surface area contributed by atoms with Crippen molar-refractivity contribution in [3.05, 3.63) is 94.5 Å². The molecular formula is C24H19F3N2O5S. The summed E-state index contributed by atoms with van der Waals surface area (Å²) in [6.45, 7) is -0.413. The highest BCUT2D eigenvalue weighted by Gasteiger charge is 2.35. The van der Waals surface area contributed by atoms with E-state index in [2.05, 4.69) is 4.72 Å². The molecule has 0 bridgehead atoms. The first-order chi connectivity index (χ1) is 16.5. The first-order valence-electron chi connectivity index (χ1n) is 10.3. The third-order valence-corrected chi connectivity index (χ3v) is 6.91. The van der Waals surface area contributed by atoms with Gasteiger partial charge in [0.2, 0.25) is 10.0 Å². The number of fused-ring (bicyclic) bond motifs is 1. The molecule has 1 aliphatic rings. The van der Waals surface area contributed by atoms with E-state index in [1.165, 1.54) is 37.4 Å². The lowest BCUT2D eigenvalue weighted by atomic mass is 10.1. The summed E-state index contributed by atoms with van der Waals surface area (Å²) in [6, 6.07) is 14.7. The molecule has 0 atom stereocenters. The van der Waals surface area contributed by atoms with Crippen LogP contribution in [0.3, 0.4) is 0 Å². The van der Waals surface area contributed by atoms with Crippen molar-refractivity contribution >= 4 is 21.8 Å². The smallest absolute Gasteiger partial charge is 0.416 e. The molecule has 2 amide bonds. The molecule has 3 aromatic rings. The van der Waals surface area contributed by atoms with E-state index in [-0.39, 0.29) is 34.9 Å². The van der Waals surface area contributed by atoms with E-state index >= 15 is 0 Å². The maximum absolute atomic E-state index is 13.0. The summed E-state index contributed by atoms with van der Waals surface area (Å²) in [4.78, 5) is 26.1. The van der Waals surface area contributed by atoms with Crippen LogP contribution in [0, 0.1) is 0 Å². The lowest BCUT2D eigenvalue weighted by molar-refractivity contribution is -0.137. The normalized spacial score (nSPS) is 13.8. The molecule has 11 heteroatoms. The van der Waals surface area contributed by atoms with Crippen LogP contribution in [0.15, 0.2) is 71.6 Å². The van der Waals surface area contributed by atoms with Crippen molar-refractivity contribution in [1.29, 1.82) is 0 Å². The van der Waals surface area contributed by atoms with Crippen LogP contribution in [0.4, 0.5) is 13.2 Å². The average Bonchev–Trinajstić information content (AvgIpc) is 3.07. The third-order valence-electron chi connectivity index (χ3n) is 5.48. The van der Waals surface area contributed by atoms with Gasteiger partial charge in [-0.2, -0.15) is 13.2 Å². The Morgan fingerprint density at radius 1 is 0.886 bits per heavy atom. The lowest BCUT2D eigenvalue weighted by Gasteiger charge is -2.16. The number of methoxy groups -OCH3 is 1. The van der Waals surface area contributed by atoms with Crippen LogP contribution < -0.4 is 9.46 Å². The largest absolute Gasteiger partial charge is 0.495 e. The third kappa shape index (κ3) is 4.91. The average molecular weight is 504 g/mol. The van der Waals surface area contributed by atoms with Gasteiger partial charge in [0.25, 0.3) is 11.8 Å². The molecule has 0 saturated heterocycles. The van der Waals surface area contributed by atoms with E-state index in [0.717, 1.165) is 17.0 Å². The molecule has 182 valence electrons. The van der Waals surface area contributed by atoms with Gasteiger partial charge in [-0.1, -0.05) is 30.3 Å². The number of hydrogen-bond donors (Lipinski definition) is 1. The van der Waals surface area contributed by atoms with Gasteiger partial charge in [-0.3, -0.25) is 14.5 Å². The Morgan fingerprint density at radius 2 is 1.46 bits per heavy atom. The Bertz CT molecular complexity index is 1370. The predicted octanol–water partition coefficient (Wildman–Crippen LogP) is 3.99. The van der Waals surface area contributed by atoms with E-state index in [4.69, 9.17) is 4.74 Å². The minimum absolute atomic E-state index is 0.0241. The van der Waals surface area contributed by atoms with Crippen molar-refractivity contribution < 1.29 is 35.9 Å². The number of hydrogen-bond acceptors (Lipinski definition) is 5. The zero-order valence-electron chi connectivity index (χ0n) is 18.3. The number of nitrogens with zero attached hydrogens (tertiary/aromatic N) is 1. The Hall–Kier alpha value is -3.70. The molecule has 0 aromatic heterocycles. The second-order valence-electron chi connectivity index (χ2n) is 7.75. The molecule has 0 unspecified atom stereocenters. The molecule has 7 nitrogen and oxygen atoms in total. The molecule has 1 heterocycles. The van der Waals surface area contributed by atoms with Crippen LogP contribution in [0.2, 0.25) is 0 Å². The summed E-state index contributed by atoms with van der Waals surface area (Å²) in [5, 5.41) is 0. The molecule has 0 saturated carbocycles. The first kappa shape index (κ1) is 24.4. The summed E-state index contributed by atoms with van der Waals surface area (Å²) in [5.74, 6) is -0.937. The van der Waals surface area contributed by atoms with Crippen LogP contribution in [0.25, 0.3) is 0 Å². The van der Waals surface area contributed by atoms with Gasteiger partial charge in [0.15, 0.2) is 0 Å². The number of sulfonamides is 1. The van der Waals surface area contributed by atoms with Crippen LogP contribution in [0.5, 0.6) is 5.75 Å². The van der Waals surface area contributed by atoms with Crippen LogP contribution >= 0.6 is 0 Å². The second kappa shape index (κ2) is 9.16. The van der Waals surface area contributed by atoms with E-state index in [1.807, 2.05) is 0 Å². The molecule has 4 rings (SSSR count). The lowest BCUT2D eigenvalue weighted by Crippen LogP contribution is -2.29. The highest BCUT2D eigenvalue weighted by atomic mass is 32.2. The highest BCUT2D eigenvalue weighted by molar-refractivity contribution is 7.89. The monoisotopic (exact) mass is 504 g/mol. The summed E-state index contributed by atoms with van der Waals surface area (Å²) in [5.41, 5.74) is 0.402. The van der Waals surface area contributed by atoms with E-state index in [0.29, 0.717) is 11.1 Å².